The van der Waals surface area contributed by atoms with Crippen LogP contribution in [0, 0.1) is 0 Å². The standard InChI is InChI=1S/C17H23N3O4/c1-20-12-4-5-13(20)9-11(8-12)18-17(23)19-14-6-3-10(16(21)22)7-15(14)24-2/h3,6-7,11-13H,4-5,8-9H2,1-2H3,(H,21,22)(H2,18,19,23). The highest BCUT2D eigenvalue weighted by atomic mass is 16.5. The van der Waals surface area contributed by atoms with Crippen molar-refractivity contribution in [2.24, 2.45) is 0 Å². The molecule has 0 radical (unpaired) electrons. The third kappa shape index (κ3) is 3.31. The number of urea groups is 1. The van der Waals surface area contributed by atoms with Crippen LogP contribution in [0.2, 0.25) is 0 Å². The first-order chi connectivity index (χ1) is 11.5. The SMILES string of the molecule is COc1cc(C(=O)O)ccc1NC(=O)NC1CC2CCC(C1)N2C. The number of nitrogens with one attached hydrogen (secondary N) is 2. The normalized spacial score (nSPS) is 26.0. The van der Waals surface area contributed by atoms with Crippen molar-refractivity contribution in [2.75, 3.05) is 19.5 Å². The van der Waals surface area contributed by atoms with E-state index < -0.39 is 5.97 Å². The molecular weight excluding hydrogens is 310 g/mol. The maximum Gasteiger partial charge on any atom is 0.335 e. The zero-order valence-electron chi connectivity index (χ0n) is 13.9. The van der Waals surface area contributed by atoms with Gasteiger partial charge in [0.1, 0.15) is 5.75 Å². The molecule has 1 aromatic carbocycles. The van der Waals surface area contributed by atoms with Gasteiger partial charge >= 0.3 is 12.0 Å². The molecule has 1 aromatic rings. The average Bonchev–Trinajstić information content (AvgIpc) is 2.76. The number of piperidine rings is 1. The van der Waals surface area contributed by atoms with Crippen LogP contribution >= 0.6 is 0 Å². The topological polar surface area (TPSA) is 90.9 Å². The van der Waals surface area contributed by atoms with Crippen molar-refractivity contribution in [1.29, 1.82) is 0 Å². The third-order valence-electron chi connectivity index (χ3n) is 5.13. The van der Waals surface area contributed by atoms with Gasteiger partial charge in [0.2, 0.25) is 0 Å². The van der Waals surface area contributed by atoms with Crippen molar-refractivity contribution in [2.45, 2.75) is 43.8 Å². The molecule has 2 amide bonds. The lowest BCUT2D eigenvalue weighted by molar-refractivity contribution is 0.0696. The first kappa shape index (κ1) is 16.6. The molecule has 0 spiro atoms. The molecule has 2 heterocycles. The van der Waals surface area contributed by atoms with E-state index in [1.165, 1.54) is 32.1 Å². The lowest BCUT2D eigenvalue weighted by Crippen LogP contribution is -2.49. The van der Waals surface area contributed by atoms with E-state index in [0.717, 1.165) is 12.8 Å². The van der Waals surface area contributed by atoms with Gasteiger partial charge in [0.25, 0.3) is 0 Å². The van der Waals surface area contributed by atoms with Gasteiger partial charge in [-0.2, -0.15) is 0 Å². The van der Waals surface area contributed by atoms with Gasteiger partial charge in [-0.3, -0.25) is 0 Å². The zero-order chi connectivity index (χ0) is 17.3. The summed E-state index contributed by atoms with van der Waals surface area (Å²) in [6.07, 6.45) is 4.34. The minimum atomic E-state index is -1.04. The molecule has 0 aliphatic carbocycles. The summed E-state index contributed by atoms with van der Waals surface area (Å²) in [5.41, 5.74) is 0.570. The fraction of sp³-hybridized carbons (Fsp3) is 0.529. The second-order valence-electron chi connectivity index (χ2n) is 6.54. The van der Waals surface area contributed by atoms with E-state index >= 15 is 0 Å². The highest BCUT2D eigenvalue weighted by Crippen LogP contribution is 2.34. The molecule has 2 fully saturated rings. The number of hydrogen-bond donors (Lipinski definition) is 3. The van der Waals surface area contributed by atoms with E-state index in [0.29, 0.717) is 23.5 Å². The van der Waals surface area contributed by atoms with Gasteiger partial charge in [-0.15, -0.1) is 0 Å². The molecule has 7 heteroatoms. The fourth-order valence-corrected chi connectivity index (χ4v) is 3.80. The Labute approximate surface area is 141 Å². The molecule has 3 N–H and O–H groups in total. The van der Waals surface area contributed by atoms with Crippen molar-refractivity contribution in [3.8, 4) is 5.75 Å². The molecule has 7 nitrogen and oxygen atoms in total. The van der Waals surface area contributed by atoms with Gasteiger partial charge in [0.05, 0.1) is 18.4 Å². The lowest BCUT2D eigenvalue weighted by Gasteiger charge is -2.36. The number of nitrogens with zero attached hydrogens (tertiary/aromatic N) is 1. The van der Waals surface area contributed by atoms with E-state index in [1.807, 2.05) is 0 Å². The molecule has 2 aliphatic rings. The predicted molar refractivity (Wildman–Crippen MR) is 89.7 cm³/mol. The number of carboxylic acids is 1. The second-order valence-corrected chi connectivity index (χ2v) is 6.54. The number of benzene rings is 1. The number of fused-ring (bicyclic) bond motifs is 2. The molecule has 0 saturated carbocycles. The first-order valence-electron chi connectivity index (χ1n) is 8.18. The second kappa shape index (κ2) is 6.68. The molecule has 130 valence electrons. The summed E-state index contributed by atoms with van der Waals surface area (Å²) in [6.45, 7) is 0. The highest BCUT2D eigenvalue weighted by molar-refractivity contribution is 5.93. The molecule has 2 atom stereocenters. The number of rotatable bonds is 4. The molecule has 24 heavy (non-hydrogen) atoms. The van der Waals surface area contributed by atoms with Crippen LogP contribution in [0.3, 0.4) is 0 Å². The minimum Gasteiger partial charge on any atom is -0.495 e. The number of amides is 2. The quantitative estimate of drug-likeness (QED) is 0.785. The van der Waals surface area contributed by atoms with Crippen molar-refractivity contribution in [3.63, 3.8) is 0 Å². The Morgan fingerprint density at radius 1 is 1.25 bits per heavy atom. The summed E-state index contributed by atoms with van der Waals surface area (Å²) in [4.78, 5) is 25.7. The molecule has 0 aromatic heterocycles. The Morgan fingerprint density at radius 2 is 1.92 bits per heavy atom. The Balaban J connectivity index is 1.62. The van der Waals surface area contributed by atoms with Gasteiger partial charge in [-0.1, -0.05) is 0 Å². The van der Waals surface area contributed by atoms with Crippen molar-refractivity contribution >= 4 is 17.7 Å². The summed E-state index contributed by atoms with van der Waals surface area (Å²) in [7, 11) is 3.60. The fourth-order valence-electron chi connectivity index (χ4n) is 3.80. The molecule has 2 aliphatic heterocycles. The number of methoxy groups -OCH3 is 1. The third-order valence-corrected chi connectivity index (χ3v) is 5.13. The monoisotopic (exact) mass is 333 g/mol. The van der Waals surface area contributed by atoms with Gasteiger partial charge in [0, 0.05) is 18.1 Å². The molecule has 2 unspecified atom stereocenters. The summed E-state index contributed by atoms with van der Waals surface area (Å²) in [5.74, 6) is -0.709. The Kier molecular flexibility index (Phi) is 4.62. The van der Waals surface area contributed by atoms with Crippen LogP contribution in [0.5, 0.6) is 5.75 Å². The summed E-state index contributed by atoms with van der Waals surface area (Å²) < 4.78 is 5.17. The van der Waals surface area contributed by atoms with Gasteiger partial charge in [-0.05, 0) is 50.9 Å². The van der Waals surface area contributed by atoms with Crippen molar-refractivity contribution in [3.05, 3.63) is 23.8 Å². The summed E-state index contributed by atoms with van der Waals surface area (Å²) in [5, 5.41) is 14.8. The summed E-state index contributed by atoms with van der Waals surface area (Å²) >= 11 is 0. The lowest BCUT2D eigenvalue weighted by atomic mass is 9.98. The van der Waals surface area contributed by atoms with Crippen LogP contribution in [-0.4, -0.2) is 54.3 Å². The van der Waals surface area contributed by atoms with Gasteiger partial charge < -0.3 is 25.4 Å². The van der Waals surface area contributed by atoms with E-state index in [1.54, 1.807) is 6.07 Å². The Hall–Kier alpha value is -2.28. The van der Waals surface area contributed by atoms with Crippen LogP contribution in [0.4, 0.5) is 10.5 Å². The summed E-state index contributed by atoms with van der Waals surface area (Å²) in [6, 6.07) is 5.37. The van der Waals surface area contributed by atoms with E-state index in [4.69, 9.17) is 9.84 Å². The number of carbonyl (C=O) groups is 2. The van der Waals surface area contributed by atoms with Crippen LogP contribution in [0.15, 0.2) is 18.2 Å². The number of anilines is 1. The molecule has 2 bridgehead atoms. The van der Waals surface area contributed by atoms with E-state index in [2.05, 4.69) is 22.6 Å². The number of hydrogen-bond acceptors (Lipinski definition) is 4. The Morgan fingerprint density at radius 3 is 2.50 bits per heavy atom. The van der Waals surface area contributed by atoms with Crippen LogP contribution in [0.25, 0.3) is 0 Å². The van der Waals surface area contributed by atoms with Gasteiger partial charge in [0.15, 0.2) is 0 Å². The van der Waals surface area contributed by atoms with E-state index in [-0.39, 0.29) is 17.6 Å². The molecule has 2 saturated heterocycles. The number of carboxylic acid groups (broad SMARTS) is 1. The van der Waals surface area contributed by atoms with Crippen LogP contribution in [0.1, 0.15) is 36.0 Å². The Bertz CT molecular complexity index is 635. The number of carbonyl (C=O) groups excluding carboxylic acids is 1. The maximum atomic E-state index is 12.3. The van der Waals surface area contributed by atoms with Crippen molar-refractivity contribution in [1.82, 2.24) is 10.2 Å². The average molecular weight is 333 g/mol. The maximum absolute atomic E-state index is 12.3. The molecule has 3 rings (SSSR count). The zero-order valence-corrected chi connectivity index (χ0v) is 13.9. The first-order valence-corrected chi connectivity index (χ1v) is 8.18. The van der Waals surface area contributed by atoms with Crippen LogP contribution in [-0.2, 0) is 0 Å². The van der Waals surface area contributed by atoms with E-state index in [9.17, 15) is 9.59 Å². The number of ether oxygens (including phenoxy) is 1. The minimum absolute atomic E-state index is 0.115. The smallest absolute Gasteiger partial charge is 0.335 e. The predicted octanol–water partition coefficient (Wildman–Crippen LogP) is 2.14. The molecular formula is C17H23N3O4. The van der Waals surface area contributed by atoms with Crippen LogP contribution < -0.4 is 15.4 Å². The highest BCUT2D eigenvalue weighted by Gasteiger charge is 2.38. The van der Waals surface area contributed by atoms with Gasteiger partial charge in [-0.25, -0.2) is 9.59 Å². The number of aromatic carboxylic acids is 1. The van der Waals surface area contributed by atoms with Crippen molar-refractivity contribution < 1.29 is 19.4 Å². The largest absolute Gasteiger partial charge is 0.495 e.